The Labute approximate surface area is 121 Å². The highest BCUT2D eigenvalue weighted by Crippen LogP contribution is 2.22. The summed E-state index contributed by atoms with van der Waals surface area (Å²) in [6.07, 6.45) is 2.71. The van der Waals surface area contributed by atoms with Crippen LogP contribution in [0.25, 0.3) is 0 Å². The van der Waals surface area contributed by atoms with Crippen LogP contribution < -0.4 is 10.1 Å². The number of carbonyl (C=O) groups excluding carboxylic acids is 1. The van der Waals surface area contributed by atoms with Crippen LogP contribution in [0.15, 0.2) is 24.3 Å². The molecule has 1 atom stereocenters. The molecule has 1 N–H and O–H groups in total. The molecule has 4 nitrogen and oxygen atoms in total. The number of unbranched alkanes of at least 4 members (excludes halogenated alkanes) is 1. The molecule has 1 amide bonds. The van der Waals surface area contributed by atoms with Crippen molar-refractivity contribution in [1.29, 1.82) is 0 Å². The summed E-state index contributed by atoms with van der Waals surface area (Å²) in [6.45, 7) is 6.49. The van der Waals surface area contributed by atoms with Crippen LogP contribution in [-0.4, -0.2) is 25.2 Å². The van der Waals surface area contributed by atoms with Crippen molar-refractivity contribution in [3.05, 3.63) is 24.3 Å². The summed E-state index contributed by atoms with van der Waals surface area (Å²) in [5.74, 6) is 0.684. The number of amides is 1. The van der Waals surface area contributed by atoms with Crippen molar-refractivity contribution in [2.45, 2.75) is 45.6 Å². The van der Waals surface area contributed by atoms with Crippen molar-refractivity contribution in [2.75, 3.05) is 19.0 Å². The lowest BCUT2D eigenvalue weighted by atomic mass is 9.97. The molecule has 1 unspecified atom stereocenters. The van der Waals surface area contributed by atoms with Gasteiger partial charge in [0.25, 0.3) is 5.91 Å². The summed E-state index contributed by atoms with van der Waals surface area (Å²) >= 11 is 0. The van der Waals surface area contributed by atoms with Gasteiger partial charge in [-0.3, -0.25) is 4.79 Å². The van der Waals surface area contributed by atoms with Crippen molar-refractivity contribution in [2.24, 2.45) is 0 Å². The Hall–Kier alpha value is -1.55. The smallest absolute Gasteiger partial charge is 0.256 e. The third-order valence-corrected chi connectivity index (χ3v) is 3.36. The molecule has 0 aliphatic carbocycles. The number of methoxy groups -OCH3 is 1. The van der Waals surface area contributed by atoms with Gasteiger partial charge in [0.15, 0.2) is 0 Å². The SMILES string of the molecule is CCCCC(C)(OC)C(=O)Nc1ccc(OCC)cc1. The normalized spacial score (nSPS) is 13.6. The van der Waals surface area contributed by atoms with Crippen LogP contribution in [0, 0.1) is 0 Å². The first-order valence-corrected chi connectivity index (χ1v) is 7.15. The molecule has 0 radical (unpaired) electrons. The number of benzene rings is 1. The lowest BCUT2D eigenvalue weighted by Gasteiger charge is -2.26. The zero-order valence-corrected chi connectivity index (χ0v) is 12.9. The topological polar surface area (TPSA) is 47.6 Å². The standard InChI is InChI=1S/C16H25NO3/c1-5-7-12-16(3,19-4)15(18)17-13-8-10-14(11-9-13)20-6-2/h8-11H,5-7,12H2,1-4H3,(H,17,18). The lowest BCUT2D eigenvalue weighted by molar-refractivity contribution is -0.136. The van der Waals surface area contributed by atoms with Gasteiger partial charge in [0, 0.05) is 12.8 Å². The molecule has 112 valence electrons. The minimum absolute atomic E-state index is 0.113. The van der Waals surface area contributed by atoms with E-state index in [1.54, 1.807) is 7.11 Å². The van der Waals surface area contributed by atoms with E-state index in [4.69, 9.17) is 9.47 Å². The lowest BCUT2D eigenvalue weighted by Crippen LogP contribution is -2.41. The van der Waals surface area contributed by atoms with Gasteiger partial charge in [-0.15, -0.1) is 0 Å². The first-order chi connectivity index (χ1) is 9.55. The van der Waals surface area contributed by atoms with Gasteiger partial charge in [0.1, 0.15) is 11.4 Å². The second-order valence-corrected chi connectivity index (χ2v) is 4.95. The molecule has 4 heteroatoms. The number of nitrogens with one attached hydrogen (secondary N) is 1. The second-order valence-electron chi connectivity index (χ2n) is 4.95. The summed E-state index contributed by atoms with van der Waals surface area (Å²) in [6, 6.07) is 7.35. The minimum Gasteiger partial charge on any atom is -0.494 e. The van der Waals surface area contributed by atoms with Crippen LogP contribution in [0.1, 0.15) is 40.0 Å². The number of hydrogen-bond donors (Lipinski definition) is 1. The molecule has 1 aromatic carbocycles. The Morgan fingerprint density at radius 1 is 1.25 bits per heavy atom. The van der Waals surface area contributed by atoms with Crippen molar-refractivity contribution >= 4 is 11.6 Å². The van der Waals surface area contributed by atoms with E-state index >= 15 is 0 Å². The molecule has 20 heavy (non-hydrogen) atoms. The predicted octanol–water partition coefficient (Wildman–Crippen LogP) is 3.62. The van der Waals surface area contributed by atoms with Crippen molar-refractivity contribution in [1.82, 2.24) is 0 Å². The van der Waals surface area contributed by atoms with Gasteiger partial charge in [0.2, 0.25) is 0 Å². The van der Waals surface area contributed by atoms with E-state index in [-0.39, 0.29) is 5.91 Å². The summed E-state index contributed by atoms with van der Waals surface area (Å²) < 4.78 is 10.8. The van der Waals surface area contributed by atoms with Crippen molar-refractivity contribution in [3.63, 3.8) is 0 Å². The Morgan fingerprint density at radius 2 is 1.90 bits per heavy atom. The Bertz CT molecular complexity index is 416. The molecule has 0 saturated heterocycles. The molecule has 0 spiro atoms. The largest absolute Gasteiger partial charge is 0.494 e. The molecule has 0 aromatic heterocycles. The summed E-state index contributed by atoms with van der Waals surface area (Å²) in [5, 5.41) is 2.89. The molecular weight excluding hydrogens is 254 g/mol. The first-order valence-electron chi connectivity index (χ1n) is 7.15. The number of carbonyl (C=O) groups is 1. The van der Waals surface area contributed by atoms with Crippen LogP contribution in [0.4, 0.5) is 5.69 Å². The highest BCUT2D eigenvalue weighted by Gasteiger charge is 2.32. The maximum absolute atomic E-state index is 12.3. The highest BCUT2D eigenvalue weighted by atomic mass is 16.5. The van der Waals surface area contributed by atoms with E-state index in [1.807, 2.05) is 38.1 Å². The van der Waals surface area contributed by atoms with Crippen LogP contribution in [-0.2, 0) is 9.53 Å². The molecule has 0 heterocycles. The van der Waals surface area contributed by atoms with Gasteiger partial charge in [-0.1, -0.05) is 19.8 Å². The van der Waals surface area contributed by atoms with Gasteiger partial charge in [-0.25, -0.2) is 0 Å². The molecule has 0 aliphatic rings. The van der Waals surface area contributed by atoms with Gasteiger partial charge in [-0.2, -0.15) is 0 Å². The zero-order valence-electron chi connectivity index (χ0n) is 12.9. The van der Waals surface area contributed by atoms with Crippen molar-refractivity contribution < 1.29 is 14.3 Å². The monoisotopic (exact) mass is 279 g/mol. The van der Waals surface area contributed by atoms with Gasteiger partial charge in [0.05, 0.1) is 6.61 Å². The third kappa shape index (κ3) is 4.53. The maximum atomic E-state index is 12.3. The van der Waals surface area contributed by atoms with Crippen LogP contribution in [0.5, 0.6) is 5.75 Å². The Morgan fingerprint density at radius 3 is 2.40 bits per heavy atom. The molecule has 0 bridgehead atoms. The Balaban J connectivity index is 2.68. The molecule has 1 rings (SSSR count). The maximum Gasteiger partial charge on any atom is 0.256 e. The number of hydrogen-bond acceptors (Lipinski definition) is 3. The molecule has 0 aliphatic heterocycles. The predicted molar refractivity (Wildman–Crippen MR) is 81.2 cm³/mol. The molecular formula is C16H25NO3. The van der Waals surface area contributed by atoms with Gasteiger partial charge in [-0.05, 0) is 44.5 Å². The van der Waals surface area contributed by atoms with Crippen LogP contribution in [0.3, 0.4) is 0 Å². The average Bonchev–Trinajstić information content (AvgIpc) is 2.47. The number of ether oxygens (including phenoxy) is 2. The van der Waals surface area contributed by atoms with E-state index in [0.717, 1.165) is 24.3 Å². The average molecular weight is 279 g/mol. The second kappa shape index (κ2) is 7.90. The minimum atomic E-state index is -0.783. The first kappa shape index (κ1) is 16.5. The number of anilines is 1. The highest BCUT2D eigenvalue weighted by molar-refractivity contribution is 5.97. The summed E-state index contributed by atoms with van der Waals surface area (Å²) in [7, 11) is 1.58. The van der Waals surface area contributed by atoms with Gasteiger partial charge >= 0.3 is 0 Å². The fourth-order valence-electron chi connectivity index (χ4n) is 1.89. The molecule has 0 fully saturated rings. The fraction of sp³-hybridized carbons (Fsp3) is 0.562. The number of rotatable bonds is 8. The van der Waals surface area contributed by atoms with E-state index in [1.165, 1.54) is 0 Å². The van der Waals surface area contributed by atoms with E-state index in [0.29, 0.717) is 13.0 Å². The molecule has 0 saturated carbocycles. The van der Waals surface area contributed by atoms with Crippen molar-refractivity contribution in [3.8, 4) is 5.75 Å². The zero-order chi connectivity index (χ0) is 15.0. The summed E-state index contributed by atoms with van der Waals surface area (Å²) in [5.41, 5.74) is -0.0348. The van der Waals surface area contributed by atoms with Gasteiger partial charge < -0.3 is 14.8 Å². The summed E-state index contributed by atoms with van der Waals surface area (Å²) in [4.78, 5) is 12.3. The van der Waals surface area contributed by atoms with E-state index in [2.05, 4.69) is 12.2 Å². The quantitative estimate of drug-likeness (QED) is 0.790. The van der Waals surface area contributed by atoms with E-state index in [9.17, 15) is 4.79 Å². The Kier molecular flexibility index (Phi) is 6.52. The fourth-order valence-corrected chi connectivity index (χ4v) is 1.89. The molecule has 1 aromatic rings. The van der Waals surface area contributed by atoms with Crippen LogP contribution in [0.2, 0.25) is 0 Å². The van der Waals surface area contributed by atoms with E-state index < -0.39 is 5.60 Å². The third-order valence-electron chi connectivity index (χ3n) is 3.36. The van der Waals surface area contributed by atoms with Crippen LogP contribution >= 0.6 is 0 Å².